The van der Waals surface area contributed by atoms with E-state index in [1.54, 1.807) is 30.5 Å². The Kier molecular flexibility index (Phi) is 3.63. The number of carboxylic acid groups (broad SMARTS) is 1. The van der Waals surface area contributed by atoms with E-state index in [0.29, 0.717) is 11.3 Å². The smallest absolute Gasteiger partial charge is 0.339 e. The number of anilines is 1. The summed E-state index contributed by atoms with van der Waals surface area (Å²) in [6, 6.07) is 9.60. The van der Waals surface area contributed by atoms with Crippen LogP contribution in [0.3, 0.4) is 0 Å². The van der Waals surface area contributed by atoms with E-state index in [0.717, 1.165) is 0 Å². The monoisotopic (exact) mass is 312 g/mol. The molecule has 0 fully saturated rings. The molecule has 2 heterocycles. The van der Waals surface area contributed by atoms with Gasteiger partial charge in [0.1, 0.15) is 11.3 Å². The standard InChI is InChI=1S/C15H12N4O4/c1-23-11-6-5-9(8-10(11)15(21)22)16-14(20)13-18-17-12-4-2-3-7-19(12)13/h2-8H,1H3,(H,16,20)(H,21,22). The van der Waals surface area contributed by atoms with E-state index in [1.807, 2.05) is 0 Å². The first-order valence-corrected chi connectivity index (χ1v) is 6.62. The van der Waals surface area contributed by atoms with Crippen molar-refractivity contribution in [3.05, 3.63) is 54.0 Å². The van der Waals surface area contributed by atoms with Crippen molar-refractivity contribution in [3.63, 3.8) is 0 Å². The molecule has 0 atom stereocenters. The fourth-order valence-electron chi connectivity index (χ4n) is 2.14. The number of carboxylic acids is 1. The summed E-state index contributed by atoms with van der Waals surface area (Å²) in [5.41, 5.74) is 0.816. The average molecular weight is 312 g/mol. The maximum atomic E-state index is 12.3. The highest BCUT2D eigenvalue weighted by Crippen LogP contribution is 2.23. The molecule has 0 saturated heterocycles. The molecule has 8 nitrogen and oxygen atoms in total. The summed E-state index contributed by atoms with van der Waals surface area (Å²) in [7, 11) is 1.38. The van der Waals surface area contributed by atoms with Crippen LogP contribution in [0, 0.1) is 0 Å². The lowest BCUT2D eigenvalue weighted by molar-refractivity contribution is 0.0693. The molecule has 0 aliphatic rings. The summed E-state index contributed by atoms with van der Waals surface area (Å²) in [6.07, 6.45) is 1.67. The first kappa shape index (κ1) is 14.5. The van der Waals surface area contributed by atoms with Gasteiger partial charge in [-0.05, 0) is 30.3 Å². The number of nitrogens with one attached hydrogen (secondary N) is 1. The fourth-order valence-corrected chi connectivity index (χ4v) is 2.14. The number of pyridine rings is 1. The Balaban J connectivity index is 1.91. The predicted octanol–water partition coefficient (Wildman–Crippen LogP) is 1.69. The van der Waals surface area contributed by atoms with Crippen molar-refractivity contribution in [2.24, 2.45) is 0 Å². The van der Waals surface area contributed by atoms with Crippen LogP contribution in [0.2, 0.25) is 0 Å². The van der Waals surface area contributed by atoms with Gasteiger partial charge in [0.05, 0.1) is 7.11 Å². The molecule has 0 spiro atoms. The minimum atomic E-state index is -1.15. The number of nitrogens with zero attached hydrogens (tertiary/aromatic N) is 3. The van der Waals surface area contributed by atoms with E-state index < -0.39 is 11.9 Å². The molecule has 0 radical (unpaired) electrons. The molecule has 0 saturated carbocycles. The summed E-state index contributed by atoms with van der Waals surface area (Å²) in [5, 5.41) is 19.5. The van der Waals surface area contributed by atoms with Crippen LogP contribution in [-0.2, 0) is 0 Å². The van der Waals surface area contributed by atoms with Crippen molar-refractivity contribution in [3.8, 4) is 5.75 Å². The lowest BCUT2D eigenvalue weighted by Gasteiger charge is -2.08. The molecular weight excluding hydrogens is 300 g/mol. The minimum Gasteiger partial charge on any atom is -0.496 e. The summed E-state index contributed by atoms with van der Waals surface area (Å²) in [6.45, 7) is 0. The van der Waals surface area contributed by atoms with E-state index in [1.165, 1.54) is 23.6 Å². The molecular formula is C15H12N4O4. The quantitative estimate of drug-likeness (QED) is 0.759. The molecule has 3 aromatic rings. The number of rotatable bonds is 4. The van der Waals surface area contributed by atoms with Gasteiger partial charge in [-0.2, -0.15) is 0 Å². The molecule has 0 bridgehead atoms. The number of hydrogen-bond acceptors (Lipinski definition) is 5. The number of benzene rings is 1. The normalized spacial score (nSPS) is 10.5. The maximum Gasteiger partial charge on any atom is 0.339 e. The number of hydrogen-bond donors (Lipinski definition) is 2. The number of methoxy groups -OCH3 is 1. The number of aromatic carboxylic acids is 1. The zero-order valence-corrected chi connectivity index (χ0v) is 12.1. The highest BCUT2D eigenvalue weighted by molar-refractivity contribution is 6.03. The summed E-state index contributed by atoms with van der Waals surface area (Å²) < 4.78 is 6.52. The van der Waals surface area contributed by atoms with Crippen LogP contribution in [0.15, 0.2) is 42.6 Å². The van der Waals surface area contributed by atoms with Gasteiger partial charge < -0.3 is 15.2 Å². The molecule has 0 aliphatic carbocycles. The Morgan fingerprint density at radius 3 is 2.78 bits per heavy atom. The Labute approximate surface area is 130 Å². The molecule has 0 aliphatic heterocycles. The van der Waals surface area contributed by atoms with Crippen LogP contribution in [-0.4, -0.2) is 38.7 Å². The largest absolute Gasteiger partial charge is 0.496 e. The molecule has 116 valence electrons. The predicted molar refractivity (Wildman–Crippen MR) is 80.9 cm³/mol. The lowest BCUT2D eigenvalue weighted by atomic mass is 10.1. The molecule has 1 amide bonds. The minimum absolute atomic E-state index is 0.0450. The third-order valence-electron chi connectivity index (χ3n) is 3.20. The van der Waals surface area contributed by atoms with Crippen molar-refractivity contribution < 1.29 is 19.4 Å². The third kappa shape index (κ3) is 2.69. The molecule has 2 aromatic heterocycles. The first-order chi connectivity index (χ1) is 11.1. The topological polar surface area (TPSA) is 106 Å². The van der Waals surface area contributed by atoms with Gasteiger partial charge in [-0.25, -0.2) is 4.79 Å². The summed E-state index contributed by atoms with van der Waals surface area (Å²) in [4.78, 5) is 23.5. The van der Waals surface area contributed by atoms with Gasteiger partial charge in [0.15, 0.2) is 5.65 Å². The van der Waals surface area contributed by atoms with E-state index in [2.05, 4.69) is 15.5 Å². The summed E-state index contributed by atoms with van der Waals surface area (Å²) in [5.74, 6) is -1.33. The number of ether oxygens (including phenoxy) is 1. The lowest BCUT2D eigenvalue weighted by Crippen LogP contribution is -2.16. The van der Waals surface area contributed by atoms with Crippen LogP contribution in [0.25, 0.3) is 5.65 Å². The SMILES string of the molecule is COc1ccc(NC(=O)c2nnc3ccccn23)cc1C(=O)O. The second-order valence-corrected chi connectivity index (χ2v) is 4.63. The molecule has 2 N–H and O–H groups in total. The van der Waals surface area contributed by atoms with E-state index in [9.17, 15) is 9.59 Å². The number of amides is 1. The number of carbonyl (C=O) groups excluding carboxylic acids is 1. The number of fused-ring (bicyclic) bond motifs is 1. The molecule has 23 heavy (non-hydrogen) atoms. The molecule has 0 unspecified atom stereocenters. The van der Waals surface area contributed by atoms with Crippen LogP contribution < -0.4 is 10.1 Å². The van der Waals surface area contributed by atoms with Crippen LogP contribution in [0.1, 0.15) is 21.0 Å². The van der Waals surface area contributed by atoms with Gasteiger partial charge in [-0.3, -0.25) is 9.20 Å². The van der Waals surface area contributed by atoms with Crippen LogP contribution in [0.4, 0.5) is 5.69 Å². The number of aromatic nitrogens is 3. The van der Waals surface area contributed by atoms with E-state index in [-0.39, 0.29) is 17.1 Å². The fraction of sp³-hybridized carbons (Fsp3) is 0.0667. The van der Waals surface area contributed by atoms with Gasteiger partial charge in [0, 0.05) is 11.9 Å². The zero-order chi connectivity index (χ0) is 16.4. The van der Waals surface area contributed by atoms with Crippen LogP contribution >= 0.6 is 0 Å². The highest BCUT2D eigenvalue weighted by atomic mass is 16.5. The second-order valence-electron chi connectivity index (χ2n) is 4.63. The van der Waals surface area contributed by atoms with Crippen molar-refractivity contribution in [2.45, 2.75) is 0 Å². The van der Waals surface area contributed by atoms with Crippen molar-refractivity contribution in [1.29, 1.82) is 0 Å². The van der Waals surface area contributed by atoms with Gasteiger partial charge in [0.25, 0.3) is 5.91 Å². The Bertz CT molecular complexity index is 903. The average Bonchev–Trinajstić information content (AvgIpc) is 2.98. The molecule has 8 heteroatoms. The van der Waals surface area contributed by atoms with E-state index in [4.69, 9.17) is 9.84 Å². The maximum absolute atomic E-state index is 12.3. The van der Waals surface area contributed by atoms with Gasteiger partial charge in [0.2, 0.25) is 5.82 Å². The van der Waals surface area contributed by atoms with Gasteiger partial charge >= 0.3 is 5.97 Å². The molecule has 3 rings (SSSR count). The second kappa shape index (κ2) is 5.76. The van der Waals surface area contributed by atoms with Crippen molar-refractivity contribution in [2.75, 3.05) is 12.4 Å². The zero-order valence-electron chi connectivity index (χ0n) is 12.1. The summed E-state index contributed by atoms with van der Waals surface area (Å²) >= 11 is 0. The number of carbonyl (C=O) groups is 2. The van der Waals surface area contributed by atoms with Crippen LogP contribution in [0.5, 0.6) is 5.75 Å². The third-order valence-corrected chi connectivity index (χ3v) is 3.20. The Morgan fingerprint density at radius 2 is 2.04 bits per heavy atom. The first-order valence-electron chi connectivity index (χ1n) is 6.62. The molecule has 1 aromatic carbocycles. The van der Waals surface area contributed by atoms with Gasteiger partial charge in [-0.15, -0.1) is 10.2 Å². The van der Waals surface area contributed by atoms with Crippen molar-refractivity contribution >= 4 is 23.2 Å². The van der Waals surface area contributed by atoms with Crippen molar-refractivity contribution in [1.82, 2.24) is 14.6 Å². The van der Waals surface area contributed by atoms with Gasteiger partial charge in [-0.1, -0.05) is 6.07 Å². The highest BCUT2D eigenvalue weighted by Gasteiger charge is 2.16. The Morgan fingerprint density at radius 1 is 1.22 bits per heavy atom. The van der Waals surface area contributed by atoms with E-state index >= 15 is 0 Å². The Hall–Kier alpha value is -3.42.